The highest BCUT2D eigenvalue weighted by atomic mass is 35.5. The zero-order chi connectivity index (χ0) is 15.6. The molecule has 0 radical (unpaired) electrons. The van der Waals surface area contributed by atoms with Gasteiger partial charge in [0.15, 0.2) is 9.84 Å². The van der Waals surface area contributed by atoms with Crippen LogP contribution in [-0.4, -0.2) is 20.6 Å². The van der Waals surface area contributed by atoms with Gasteiger partial charge in [0.25, 0.3) is 5.91 Å². The molecule has 1 N–H and O–H groups in total. The molecule has 1 amide bonds. The van der Waals surface area contributed by atoms with Crippen molar-refractivity contribution in [1.29, 1.82) is 0 Å². The zero-order valence-corrected chi connectivity index (χ0v) is 13.8. The smallest absolute Gasteiger partial charge is 0.253 e. The van der Waals surface area contributed by atoms with E-state index < -0.39 is 15.7 Å². The molecule has 0 aliphatic carbocycles. The van der Waals surface area contributed by atoms with Crippen LogP contribution in [0.4, 0.5) is 0 Å². The second-order valence-corrected chi connectivity index (χ2v) is 8.03. The van der Waals surface area contributed by atoms with Crippen molar-refractivity contribution in [1.82, 2.24) is 5.32 Å². The van der Waals surface area contributed by atoms with Crippen LogP contribution in [0.2, 0.25) is 5.02 Å². The molecule has 7 heteroatoms. The minimum Gasteiger partial charge on any atom is -0.345 e. The van der Waals surface area contributed by atoms with Crippen LogP contribution in [0.5, 0.6) is 0 Å². The standard InChI is InChI=1S/C14H14ClNO3S2/c1-9(13-4-3-7-20-13)16-14(17)11-8-10(21(2,18)19)5-6-12(11)15/h3-9H,1-2H3,(H,16,17)/t9-/m0/s1. The number of hydrogen-bond acceptors (Lipinski definition) is 4. The Balaban J connectivity index is 2.27. The van der Waals surface area contributed by atoms with Crippen LogP contribution in [0, 0.1) is 0 Å². The monoisotopic (exact) mass is 343 g/mol. The summed E-state index contributed by atoms with van der Waals surface area (Å²) in [5.74, 6) is -0.397. The fourth-order valence-corrected chi connectivity index (χ4v) is 3.38. The number of carbonyl (C=O) groups excluding carboxylic acids is 1. The van der Waals surface area contributed by atoms with Crippen molar-refractivity contribution in [2.75, 3.05) is 6.26 Å². The number of sulfone groups is 1. The van der Waals surface area contributed by atoms with Crippen molar-refractivity contribution in [3.63, 3.8) is 0 Å². The van der Waals surface area contributed by atoms with E-state index in [2.05, 4.69) is 5.32 Å². The molecule has 21 heavy (non-hydrogen) atoms. The molecular formula is C14H14ClNO3S2. The van der Waals surface area contributed by atoms with Crippen LogP contribution in [0.1, 0.15) is 28.2 Å². The molecule has 1 aromatic heterocycles. The maximum absolute atomic E-state index is 12.3. The van der Waals surface area contributed by atoms with Gasteiger partial charge in [-0.1, -0.05) is 17.7 Å². The van der Waals surface area contributed by atoms with Gasteiger partial charge in [-0.15, -0.1) is 11.3 Å². The van der Waals surface area contributed by atoms with Crippen molar-refractivity contribution in [3.05, 3.63) is 51.2 Å². The lowest BCUT2D eigenvalue weighted by molar-refractivity contribution is 0.0940. The van der Waals surface area contributed by atoms with E-state index >= 15 is 0 Å². The van der Waals surface area contributed by atoms with Gasteiger partial charge >= 0.3 is 0 Å². The molecule has 0 fully saturated rings. The molecule has 0 spiro atoms. The molecule has 0 aliphatic heterocycles. The third kappa shape index (κ3) is 3.84. The van der Waals surface area contributed by atoms with Crippen molar-refractivity contribution in [2.45, 2.75) is 17.9 Å². The van der Waals surface area contributed by atoms with Crippen LogP contribution >= 0.6 is 22.9 Å². The van der Waals surface area contributed by atoms with Crippen LogP contribution in [-0.2, 0) is 9.84 Å². The molecule has 2 rings (SSSR count). The topological polar surface area (TPSA) is 63.2 Å². The summed E-state index contributed by atoms with van der Waals surface area (Å²) in [5, 5.41) is 4.96. The predicted molar refractivity (Wildman–Crippen MR) is 84.8 cm³/mol. The third-order valence-electron chi connectivity index (χ3n) is 2.93. The van der Waals surface area contributed by atoms with E-state index in [0.29, 0.717) is 0 Å². The van der Waals surface area contributed by atoms with Gasteiger partial charge in [0.2, 0.25) is 0 Å². The van der Waals surface area contributed by atoms with Gasteiger partial charge in [-0.25, -0.2) is 8.42 Å². The summed E-state index contributed by atoms with van der Waals surface area (Å²) in [4.78, 5) is 13.3. The molecule has 0 bridgehead atoms. The van der Waals surface area contributed by atoms with Gasteiger partial charge in [-0.2, -0.15) is 0 Å². The Hall–Kier alpha value is -1.37. The number of amides is 1. The number of benzene rings is 1. The number of hydrogen-bond donors (Lipinski definition) is 1. The van der Waals surface area contributed by atoms with Crippen molar-refractivity contribution in [2.24, 2.45) is 0 Å². The van der Waals surface area contributed by atoms with E-state index in [0.717, 1.165) is 11.1 Å². The number of halogens is 1. The number of nitrogens with one attached hydrogen (secondary N) is 1. The second-order valence-electron chi connectivity index (χ2n) is 4.62. The minimum absolute atomic E-state index is 0.0702. The largest absolute Gasteiger partial charge is 0.345 e. The van der Waals surface area contributed by atoms with E-state index in [4.69, 9.17) is 11.6 Å². The van der Waals surface area contributed by atoms with Crippen LogP contribution < -0.4 is 5.32 Å². The summed E-state index contributed by atoms with van der Waals surface area (Å²) in [6.07, 6.45) is 1.09. The second kappa shape index (κ2) is 6.17. The summed E-state index contributed by atoms with van der Waals surface area (Å²) < 4.78 is 23.1. The van der Waals surface area contributed by atoms with Crippen molar-refractivity contribution in [3.8, 4) is 0 Å². The molecule has 0 saturated heterocycles. The average molecular weight is 344 g/mol. The highest BCUT2D eigenvalue weighted by molar-refractivity contribution is 7.90. The van der Waals surface area contributed by atoms with Crippen molar-refractivity contribution < 1.29 is 13.2 Å². The summed E-state index contributed by atoms with van der Waals surface area (Å²) >= 11 is 7.53. The summed E-state index contributed by atoms with van der Waals surface area (Å²) in [5.41, 5.74) is 0.156. The summed E-state index contributed by atoms with van der Waals surface area (Å²) in [7, 11) is -3.38. The Morgan fingerprint density at radius 2 is 2.05 bits per heavy atom. The normalized spacial score (nSPS) is 12.9. The Bertz CT molecular complexity index is 755. The number of carbonyl (C=O) groups is 1. The van der Waals surface area contributed by atoms with Gasteiger partial charge in [0.1, 0.15) is 0 Å². The molecule has 4 nitrogen and oxygen atoms in total. The lowest BCUT2D eigenvalue weighted by Crippen LogP contribution is -2.26. The number of rotatable bonds is 4. The summed E-state index contributed by atoms with van der Waals surface area (Å²) in [6.45, 7) is 1.86. The maximum Gasteiger partial charge on any atom is 0.253 e. The average Bonchev–Trinajstić information content (AvgIpc) is 2.91. The van der Waals surface area contributed by atoms with Gasteiger partial charge in [0.05, 0.1) is 21.5 Å². The highest BCUT2D eigenvalue weighted by Crippen LogP contribution is 2.23. The quantitative estimate of drug-likeness (QED) is 0.926. The fraction of sp³-hybridized carbons (Fsp3) is 0.214. The van der Waals surface area contributed by atoms with E-state index in [-0.39, 0.29) is 21.5 Å². The summed E-state index contributed by atoms with van der Waals surface area (Å²) in [6, 6.07) is 7.76. The molecule has 0 saturated carbocycles. The molecule has 1 heterocycles. The molecule has 0 unspecified atom stereocenters. The van der Waals surface area contributed by atoms with Gasteiger partial charge in [0, 0.05) is 11.1 Å². The van der Waals surface area contributed by atoms with E-state index in [9.17, 15) is 13.2 Å². The molecule has 1 aromatic carbocycles. The van der Waals surface area contributed by atoms with E-state index in [1.165, 1.54) is 29.5 Å². The Labute approximate surface area is 132 Å². The van der Waals surface area contributed by atoms with E-state index in [1.807, 2.05) is 24.4 Å². The van der Waals surface area contributed by atoms with E-state index in [1.54, 1.807) is 0 Å². The first kappa shape index (κ1) is 16.0. The SMILES string of the molecule is C[C@H](NC(=O)c1cc(S(C)(=O)=O)ccc1Cl)c1cccs1. The lowest BCUT2D eigenvalue weighted by Gasteiger charge is -2.13. The highest BCUT2D eigenvalue weighted by Gasteiger charge is 2.17. The number of thiophene rings is 1. The molecule has 2 aromatic rings. The third-order valence-corrected chi connectivity index (χ3v) is 5.42. The first-order chi connectivity index (χ1) is 9.79. The molecular weight excluding hydrogens is 330 g/mol. The van der Waals surface area contributed by atoms with Crippen LogP contribution in [0.15, 0.2) is 40.6 Å². The fourth-order valence-electron chi connectivity index (χ4n) is 1.79. The lowest BCUT2D eigenvalue weighted by atomic mass is 10.2. The van der Waals surface area contributed by atoms with Gasteiger partial charge < -0.3 is 5.32 Å². The van der Waals surface area contributed by atoms with Crippen LogP contribution in [0.3, 0.4) is 0 Å². The Morgan fingerprint density at radius 3 is 2.62 bits per heavy atom. The molecule has 112 valence electrons. The Kier molecular flexibility index (Phi) is 4.70. The first-order valence-electron chi connectivity index (χ1n) is 6.13. The minimum atomic E-state index is -3.38. The maximum atomic E-state index is 12.3. The van der Waals surface area contributed by atoms with Crippen LogP contribution in [0.25, 0.3) is 0 Å². The predicted octanol–water partition coefficient (Wildman–Crippen LogP) is 3.30. The first-order valence-corrected chi connectivity index (χ1v) is 9.28. The Morgan fingerprint density at radius 1 is 1.33 bits per heavy atom. The molecule has 1 atom stereocenters. The van der Waals surface area contributed by atoms with Gasteiger partial charge in [-0.3, -0.25) is 4.79 Å². The zero-order valence-electron chi connectivity index (χ0n) is 11.5. The van der Waals surface area contributed by atoms with Crippen molar-refractivity contribution >= 4 is 38.7 Å². The van der Waals surface area contributed by atoms with Gasteiger partial charge in [-0.05, 0) is 36.6 Å². The molecule has 0 aliphatic rings.